The summed E-state index contributed by atoms with van der Waals surface area (Å²) in [6.07, 6.45) is 1.87. The molecule has 0 bridgehead atoms. The predicted octanol–water partition coefficient (Wildman–Crippen LogP) is 4.50. The Labute approximate surface area is 173 Å². The molecule has 0 atom stereocenters. The fourth-order valence-electron chi connectivity index (χ4n) is 3.08. The minimum Gasteiger partial charge on any atom is -0.484 e. The highest BCUT2D eigenvalue weighted by molar-refractivity contribution is 5.94. The van der Waals surface area contributed by atoms with Crippen molar-refractivity contribution in [2.24, 2.45) is 0 Å². The first-order chi connectivity index (χ1) is 14.1. The van der Waals surface area contributed by atoms with Crippen molar-refractivity contribution in [2.45, 2.75) is 46.3 Å². The topological polar surface area (TPSA) is 55.8 Å². The van der Waals surface area contributed by atoms with E-state index >= 15 is 0 Å². The molecule has 1 saturated heterocycles. The van der Waals surface area contributed by atoms with Gasteiger partial charge in [0.1, 0.15) is 5.75 Å². The van der Waals surface area contributed by atoms with Gasteiger partial charge in [0.05, 0.1) is 12.7 Å². The number of Topliss-reactive ketones (excluding diaryl/α,β-unsaturated/α-hetero) is 1. The highest BCUT2D eigenvalue weighted by atomic mass is 16.5. The summed E-state index contributed by atoms with van der Waals surface area (Å²) < 4.78 is 11.5. The Morgan fingerprint density at radius 1 is 0.966 bits per heavy atom. The van der Waals surface area contributed by atoms with E-state index in [1.807, 2.05) is 36.9 Å². The fraction of sp³-hybridized carbons (Fsp3) is 0.417. The zero-order chi connectivity index (χ0) is 21.1. The van der Waals surface area contributed by atoms with E-state index in [9.17, 15) is 9.59 Å². The Bertz CT molecular complexity index is 750. The Hall–Kier alpha value is -2.66. The molecule has 0 aromatic heterocycles. The van der Waals surface area contributed by atoms with E-state index in [-0.39, 0.29) is 24.4 Å². The van der Waals surface area contributed by atoms with Crippen LogP contribution >= 0.6 is 0 Å². The van der Waals surface area contributed by atoms with Crippen LogP contribution < -0.4 is 4.74 Å². The molecule has 0 spiro atoms. The van der Waals surface area contributed by atoms with Gasteiger partial charge in [-0.15, -0.1) is 0 Å². The summed E-state index contributed by atoms with van der Waals surface area (Å²) in [6, 6.07) is 17.0. The van der Waals surface area contributed by atoms with Crippen LogP contribution in [0.1, 0.15) is 49.5 Å². The lowest BCUT2D eigenvalue weighted by Gasteiger charge is -2.32. The number of rotatable bonds is 7. The van der Waals surface area contributed by atoms with Crippen molar-refractivity contribution >= 4 is 11.7 Å². The smallest absolute Gasteiger partial charge is 0.260 e. The van der Waals surface area contributed by atoms with Gasteiger partial charge in [-0.2, -0.15) is 0 Å². The molecular weight excluding hydrogens is 366 g/mol. The van der Waals surface area contributed by atoms with Crippen LogP contribution in [0.3, 0.4) is 0 Å². The van der Waals surface area contributed by atoms with E-state index in [2.05, 4.69) is 12.1 Å². The van der Waals surface area contributed by atoms with Crippen molar-refractivity contribution in [3.8, 4) is 5.75 Å². The lowest BCUT2D eigenvalue weighted by atomic mass is 10.1. The summed E-state index contributed by atoms with van der Waals surface area (Å²) in [4.78, 5) is 25.4. The summed E-state index contributed by atoms with van der Waals surface area (Å²) in [5, 5.41) is 0. The monoisotopic (exact) mass is 397 g/mol. The molecule has 0 saturated carbocycles. The molecule has 0 aliphatic carbocycles. The molecule has 0 radical (unpaired) electrons. The van der Waals surface area contributed by atoms with Crippen LogP contribution in [0.2, 0.25) is 0 Å². The molecule has 0 unspecified atom stereocenters. The molecule has 1 fully saturated rings. The van der Waals surface area contributed by atoms with E-state index in [0.717, 1.165) is 12.8 Å². The van der Waals surface area contributed by atoms with Gasteiger partial charge in [-0.05, 0) is 49.6 Å². The summed E-state index contributed by atoms with van der Waals surface area (Å²) in [5.74, 6) is 0.580. The first-order valence-corrected chi connectivity index (χ1v) is 10.3. The Morgan fingerprint density at radius 2 is 1.59 bits per heavy atom. The van der Waals surface area contributed by atoms with Crippen LogP contribution in [-0.2, 0) is 16.1 Å². The lowest BCUT2D eigenvalue weighted by Crippen LogP contribution is -2.42. The van der Waals surface area contributed by atoms with Gasteiger partial charge in [0, 0.05) is 18.7 Å². The lowest BCUT2D eigenvalue weighted by molar-refractivity contribution is -0.136. The van der Waals surface area contributed by atoms with Gasteiger partial charge in [0.15, 0.2) is 12.4 Å². The minimum absolute atomic E-state index is 0.00889. The summed E-state index contributed by atoms with van der Waals surface area (Å²) in [5.41, 5.74) is 1.80. The number of hydrogen-bond acceptors (Lipinski definition) is 4. The molecule has 1 heterocycles. The van der Waals surface area contributed by atoms with Crippen molar-refractivity contribution in [1.82, 2.24) is 4.90 Å². The number of ketones is 1. The van der Waals surface area contributed by atoms with Crippen LogP contribution in [0, 0.1) is 0 Å². The van der Waals surface area contributed by atoms with Crippen LogP contribution in [0.15, 0.2) is 54.6 Å². The van der Waals surface area contributed by atoms with Gasteiger partial charge in [0.2, 0.25) is 0 Å². The zero-order valence-corrected chi connectivity index (χ0v) is 17.6. The highest BCUT2D eigenvalue weighted by Crippen LogP contribution is 2.17. The van der Waals surface area contributed by atoms with Crippen molar-refractivity contribution < 1.29 is 19.1 Å². The number of benzene rings is 2. The second-order valence-corrected chi connectivity index (χ2v) is 6.75. The normalized spacial score (nSPS) is 14.0. The minimum atomic E-state index is -0.0212. The number of hydrogen-bond donors (Lipinski definition) is 0. The Morgan fingerprint density at radius 3 is 2.17 bits per heavy atom. The SMILES string of the molecule is CC.CC(=O)c1ccc(OCC(=O)N2CCC(OCc3ccccc3)CC2)cc1. The zero-order valence-electron chi connectivity index (χ0n) is 17.6. The quantitative estimate of drug-likeness (QED) is 0.646. The summed E-state index contributed by atoms with van der Waals surface area (Å²) in [6.45, 7) is 7.51. The average molecular weight is 398 g/mol. The highest BCUT2D eigenvalue weighted by Gasteiger charge is 2.23. The number of carbonyl (C=O) groups is 2. The Kier molecular flexibility index (Phi) is 9.38. The number of amides is 1. The molecule has 29 heavy (non-hydrogen) atoms. The van der Waals surface area contributed by atoms with Gasteiger partial charge >= 0.3 is 0 Å². The van der Waals surface area contributed by atoms with Crippen molar-refractivity contribution in [1.29, 1.82) is 0 Å². The number of piperidine rings is 1. The molecule has 3 rings (SSSR count). The predicted molar refractivity (Wildman–Crippen MR) is 114 cm³/mol. The van der Waals surface area contributed by atoms with E-state index in [1.54, 1.807) is 24.3 Å². The van der Waals surface area contributed by atoms with Gasteiger partial charge in [0.25, 0.3) is 5.91 Å². The second kappa shape index (κ2) is 12.0. The van der Waals surface area contributed by atoms with Gasteiger partial charge in [-0.3, -0.25) is 9.59 Å². The molecule has 156 valence electrons. The molecule has 1 aliphatic rings. The Balaban J connectivity index is 0.00000145. The first kappa shape index (κ1) is 22.6. The molecule has 2 aromatic carbocycles. The van der Waals surface area contributed by atoms with Crippen molar-refractivity contribution in [2.75, 3.05) is 19.7 Å². The van der Waals surface area contributed by atoms with Crippen LogP contribution in [0.5, 0.6) is 5.75 Å². The van der Waals surface area contributed by atoms with Crippen LogP contribution in [-0.4, -0.2) is 42.4 Å². The third kappa shape index (κ3) is 7.35. The average Bonchev–Trinajstić information content (AvgIpc) is 2.78. The van der Waals surface area contributed by atoms with Crippen LogP contribution in [0.4, 0.5) is 0 Å². The van der Waals surface area contributed by atoms with Gasteiger partial charge < -0.3 is 14.4 Å². The maximum atomic E-state index is 12.3. The molecule has 0 N–H and O–H groups in total. The van der Waals surface area contributed by atoms with Gasteiger partial charge in [-0.25, -0.2) is 0 Å². The number of ether oxygens (including phenoxy) is 2. The molecule has 2 aromatic rings. The molecule has 1 aliphatic heterocycles. The maximum absolute atomic E-state index is 12.3. The summed E-state index contributed by atoms with van der Waals surface area (Å²) >= 11 is 0. The van der Waals surface area contributed by atoms with Crippen LogP contribution in [0.25, 0.3) is 0 Å². The number of nitrogens with zero attached hydrogens (tertiary/aromatic N) is 1. The third-order valence-electron chi connectivity index (χ3n) is 4.75. The summed E-state index contributed by atoms with van der Waals surface area (Å²) in [7, 11) is 0. The van der Waals surface area contributed by atoms with Crippen molar-refractivity contribution in [3.05, 3.63) is 65.7 Å². The van der Waals surface area contributed by atoms with Crippen molar-refractivity contribution in [3.63, 3.8) is 0 Å². The number of likely N-dealkylation sites (tertiary alicyclic amines) is 1. The van der Waals surface area contributed by atoms with E-state index in [1.165, 1.54) is 12.5 Å². The number of carbonyl (C=O) groups excluding carboxylic acids is 2. The molecular formula is C24H31NO4. The van der Waals surface area contributed by atoms with Gasteiger partial charge in [-0.1, -0.05) is 44.2 Å². The molecule has 5 heteroatoms. The first-order valence-electron chi connectivity index (χ1n) is 10.3. The second-order valence-electron chi connectivity index (χ2n) is 6.75. The third-order valence-corrected chi connectivity index (χ3v) is 4.75. The fourth-order valence-corrected chi connectivity index (χ4v) is 3.08. The van der Waals surface area contributed by atoms with E-state index < -0.39 is 0 Å². The largest absolute Gasteiger partial charge is 0.484 e. The van der Waals surface area contributed by atoms with E-state index in [4.69, 9.17) is 9.47 Å². The molecule has 1 amide bonds. The maximum Gasteiger partial charge on any atom is 0.260 e. The standard InChI is InChI=1S/C22H25NO4.C2H6/c1-17(24)19-7-9-20(10-8-19)27-16-22(25)23-13-11-21(12-14-23)26-15-18-5-3-2-4-6-18;1-2/h2-10,21H,11-16H2,1H3;1-2H3. The van der Waals surface area contributed by atoms with E-state index in [0.29, 0.717) is 31.0 Å². The molecule has 5 nitrogen and oxygen atoms in total.